The minimum absolute atomic E-state index is 0.0915. The van der Waals surface area contributed by atoms with Gasteiger partial charge in [-0.1, -0.05) is 6.07 Å². The van der Waals surface area contributed by atoms with Crippen LogP contribution in [0.3, 0.4) is 0 Å². The van der Waals surface area contributed by atoms with Gasteiger partial charge >= 0.3 is 0 Å². The van der Waals surface area contributed by atoms with E-state index in [2.05, 4.69) is 16.0 Å². The Labute approximate surface area is 170 Å². The van der Waals surface area contributed by atoms with Crippen LogP contribution in [-0.2, 0) is 9.53 Å². The van der Waals surface area contributed by atoms with Gasteiger partial charge < -0.3 is 25.4 Å². The van der Waals surface area contributed by atoms with Crippen molar-refractivity contribution in [3.05, 3.63) is 54.1 Å². The third-order valence-electron chi connectivity index (χ3n) is 4.54. The highest BCUT2D eigenvalue weighted by atomic mass is 16.5. The Morgan fingerprint density at radius 2 is 1.97 bits per heavy atom. The summed E-state index contributed by atoms with van der Waals surface area (Å²) in [7, 11) is 0. The molecular weight excluding hydrogens is 370 g/mol. The van der Waals surface area contributed by atoms with Crippen LogP contribution in [0.4, 0.5) is 11.4 Å². The molecule has 1 fully saturated rings. The minimum Gasteiger partial charge on any atom is -0.494 e. The SMILES string of the molecule is CCOc1ccc(NC(=O)CNc2cccc(C(=O)NCC3CCCO3)c2)cc1. The zero-order valence-electron chi connectivity index (χ0n) is 16.6. The van der Waals surface area contributed by atoms with Gasteiger partial charge in [-0.3, -0.25) is 9.59 Å². The Balaban J connectivity index is 1.46. The molecule has 1 aliphatic heterocycles. The lowest BCUT2D eigenvalue weighted by molar-refractivity contribution is -0.114. The predicted octanol–water partition coefficient (Wildman–Crippen LogP) is 3.04. The summed E-state index contributed by atoms with van der Waals surface area (Å²) in [5.74, 6) is 0.434. The van der Waals surface area contributed by atoms with Crippen molar-refractivity contribution in [1.82, 2.24) is 5.32 Å². The third kappa shape index (κ3) is 6.50. The predicted molar refractivity (Wildman–Crippen MR) is 112 cm³/mol. The number of hydrogen-bond donors (Lipinski definition) is 3. The minimum atomic E-state index is -0.178. The maximum absolute atomic E-state index is 12.3. The molecule has 1 unspecified atom stereocenters. The number of rotatable bonds is 9. The van der Waals surface area contributed by atoms with E-state index in [1.807, 2.05) is 25.1 Å². The fourth-order valence-electron chi connectivity index (χ4n) is 3.07. The first kappa shape index (κ1) is 20.7. The first-order valence-corrected chi connectivity index (χ1v) is 9.90. The molecule has 0 aliphatic carbocycles. The number of amides is 2. The Morgan fingerprint density at radius 1 is 1.14 bits per heavy atom. The second kappa shape index (κ2) is 10.5. The normalized spacial score (nSPS) is 15.6. The number of carbonyl (C=O) groups excluding carboxylic acids is 2. The summed E-state index contributed by atoms with van der Waals surface area (Å²) < 4.78 is 10.9. The van der Waals surface area contributed by atoms with Gasteiger partial charge in [-0.15, -0.1) is 0 Å². The van der Waals surface area contributed by atoms with E-state index < -0.39 is 0 Å². The van der Waals surface area contributed by atoms with Gasteiger partial charge in [0.1, 0.15) is 5.75 Å². The Morgan fingerprint density at radius 3 is 2.69 bits per heavy atom. The smallest absolute Gasteiger partial charge is 0.251 e. The lowest BCUT2D eigenvalue weighted by Gasteiger charge is -2.12. The molecule has 3 N–H and O–H groups in total. The van der Waals surface area contributed by atoms with Crippen molar-refractivity contribution < 1.29 is 19.1 Å². The van der Waals surface area contributed by atoms with Crippen LogP contribution in [0, 0.1) is 0 Å². The summed E-state index contributed by atoms with van der Waals surface area (Å²) >= 11 is 0. The van der Waals surface area contributed by atoms with Gasteiger partial charge in [0.15, 0.2) is 0 Å². The van der Waals surface area contributed by atoms with Crippen molar-refractivity contribution in [2.75, 3.05) is 36.9 Å². The summed E-state index contributed by atoms with van der Waals surface area (Å²) in [4.78, 5) is 24.5. The van der Waals surface area contributed by atoms with Gasteiger partial charge in [0.05, 0.1) is 19.3 Å². The van der Waals surface area contributed by atoms with E-state index in [4.69, 9.17) is 9.47 Å². The van der Waals surface area contributed by atoms with Crippen LogP contribution in [0.5, 0.6) is 5.75 Å². The van der Waals surface area contributed by atoms with E-state index in [0.29, 0.717) is 30.1 Å². The Hall–Kier alpha value is -3.06. The molecule has 0 radical (unpaired) electrons. The van der Waals surface area contributed by atoms with Crippen molar-refractivity contribution in [2.24, 2.45) is 0 Å². The highest BCUT2D eigenvalue weighted by Crippen LogP contribution is 2.16. The first-order valence-electron chi connectivity index (χ1n) is 9.90. The molecule has 7 nitrogen and oxygen atoms in total. The van der Waals surface area contributed by atoms with E-state index >= 15 is 0 Å². The van der Waals surface area contributed by atoms with Crippen LogP contribution in [0.1, 0.15) is 30.1 Å². The average Bonchev–Trinajstić information content (AvgIpc) is 3.26. The highest BCUT2D eigenvalue weighted by Gasteiger charge is 2.16. The van der Waals surface area contributed by atoms with Crippen molar-refractivity contribution >= 4 is 23.2 Å². The molecule has 0 spiro atoms. The summed E-state index contributed by atoms with van der Waals surface area (Å²) in [6.07, 6.45) is 2.12. The van der Waals surface area contributed by atoms with Crippen LogP contribution < -0.4 is 20.7 Å². The van der Waals surface area contributed by atoms with Crippen LogP contribution >= 0.6 is 0 Å². The van der Waals surface area contributed by atoms with Crippen LogP contribution in [0.15, 0.2) is 48.5 Å². The van der Waals surface area contributed by atoms with E-state index in [-0.39, 0.29) is 24.5 Å². The van der Waals surface area contributed by atoms with Gasteiger partial charge in [0, 0.05) is 30.1 Å². The lowest BCUT2D eigenvalue weighted by Crippen LogP contribution is -2.31. The molecule has 2 aromatic rings. The van der Waals surface area contributed by atoms with Crippen molar-refractivity contribution in [3.63, 3.8) is 0 Å². The molecule has 1 heterocycles. The molecular formula is C22H27N3O4. The van der Waals surface area contributed by atoms with Gasteiger partial charge in [-0.25, -0.2) is 0 Å². The van der Waals surface area contributed by atoms with E-state index in [1.54, 1.807) is 30.3 Å². The average molecular weight is 397 g/mol. The largest absolute Gasteiger partial charge is 0.494 e. The molecule has 0 bridgehead atoms. The number of benzene rings is 2. The van der Waals surface area contributed by atoms with Gasteiger partial charge in [-0.2, -0.15) is 0 Å². The fourth-order valence-corrected chi connectivity index (χ4v) is 3.07. The van der Waals surface area contributed by atoms with Crippen LogP contribution in [0.25, 0.3) is 0 Å². The monoisotopic (exact) mass is 397 g/mol. The van der Waals surface area contributed by atoms with Gasteiger partial charge in [0.25, 0.3) is 5.91 Å². The molecule has 1 atom stereocenters. The molecule has 154 valence electrons. The summed E-state index contributed by atoms with van der Waals surface area (Å²) in [5, 5.41) is 8.77. The van der Waals surface area contributed by atoms with E-state index in [1.165, 1.54) is 0 Å². The van der Waals surface area contributed by atoms with Crippen molar-refractivity contribution in [2.45, 2.75) is 25.9 Å². The zero-order chi connectivity index (χ0) is 20.5. The fraction of sp³-hybridized carbons (Fsp3) is 0.364. The molecule has 0 saturated carbocycles. The quantitative estimate of drug-likeness (QED) is 0.605. The molecule has 29 heavy (non-hydrogen) atoms. The van der Waals surface area contributed by atoms with Crippen LogP contribution in [-0.4, -0.2) is 44.2 Å². The van der Waals surface area contributed by atoms with E-state index in [0.717, 1.165) is 25.2 Å². The Bertz CT molecular complexity index is 817. The molecule has 2 aromatic carbocycles. The number of carbonyl (C=O) groups is 2. The lowest BCUT2D eigenvalue weighted by atomic mass is 10.1. The first-order chi connectivity index (χ1) is 14.1. The third-order valence-corrected chi connectivity index (χ3v) is 4.54. The molecule has 3 rings (SSSR count). The zero-order valence-corrected chi connectivity index (χ0v) is 16.6. The molecule has 1 aliphatic rings. The number of anilines is 2. The van der Waals surface area contributed by atoms with Crippen LogP contribution in [0.2, 0.25) is 0 Å². The molecule has 1 saturated heterocycles. The maximum Gasteiger partial charge on any atom is 0.251 e. The van der Waals surface area contributed by atoms with Crippen molar-refractivity contribution in [3.8, 4) is 5.75 Å². The molecule has 7 heteroatoms. The number of ether oxygens (including phenoxy) is 2. The number of hydrogen-bond acceptors (Lipinski definition) is 5. The van der Waals surface area contributed by atoms with Gasteiger partial charge in [0.2, 0.25) is 5.91 Å². The van der Waals surface area contributed by atoms with Gasteiger partial charge in [-0.05, 0) is 62.2 Å². The summed E-state index contributed by atoms with van der Waals surface area (Å²) in [5.41, 5.74) is 1.94. The summed E-state index contributed by atoms with van der Waals surface area (Å²) in [6, 6.07) is 14.3. The second-order valence-corrected chi connectivity index (χ2v) is 6.78. The topological polar surface area (TPSA) is 88.7 Å². The maximum atomic E-state index is 12.3. The summed E-state index contributed by atoms with van der Waals surface area (Å²) in [6.45, 7) is 3.89. The highest BCUT2D eigenvalue weighted by molar-refractivity contribution is 5.96. The Kier molecular flexibility index (Phi) is 7.47. The molecule has 0 aromatic heterocycles. The van der Waals surface area contributed by atoms with Crippen molar-refractivity contribution in [1.29, 1.82) is 0 Å². The number of nitrogens with one attached hydrogen (secondary N) is 3. The molecule has 2 amide bonds. The van der Waals surface area contributed by atoms with E-state index in [9.17, 15) is 9.59 Å². The standard InChI is InChI=1S/C22H27N3O4/c1-2-28-19-10-8-17(9-11-19)25-21(26)15-23-18-6-3-5-16(13-18)22(27)24-14-20-7-4-12-29-20/h3,5-6,8-11,13,20,23H,2,4,7,12,14-15H2,1H3,(H,24,27)(H,25,26). The second-order valence-electron chi connectivity index (χ2n) is 6.78.